The Kier molecular flexibility index (Phi) is 6.10. The molecule has 0 saturated heterocycles. The largest absolute Gasteiger partial charge is 0.356 e. The van der Waals surface area contributed by atoms with Crippen LogP contribution in [0.4, 0.5) is 26.2 Å². The molecule has 3 rings (SSSR count). The third-order valence-corrected chi connectivity index (χ3v) is 4.13. The van der Waals surface area contributed by atoms with Gasteiger partial charge in [0.25, 0.3) is 0 Å². The highest BCUT2D eigenvalue weighted by molar-refractivity contribution is 7.80. The van der Waals surface area contributed by atoms with Crippen molar-refractivity contribution in [3.05, 3.63) is 77.5 Å². The first-order valence-corrected chi connectivity index (χ1v) is 9.01. The number of benzene rings is 2. The zero-order valence-corrected chi connectivity index (χ0v) is 16.1. The van der Waals surface area contributed by atoms with Gasteiger partial charge < -0.3 is 16.0 Å². The lowest BCUT2D eigenvalue weighted by molar-refractivity contribution is 0.624. The summed E-state index contributed by atoms with van der Waals surface area (Å²) >= 11 is 5.33. The van der Waals surface area contributed by atoms with Crippen LogP contribution in [0.2, 0.25) is 0 Å². The molecule has 0 aliphatic carbocycles. The van der Waals surface area contributed by atoms with Crippen LogP contribution in [0.1, 0.15) is 24.2 Å². The maximum absolute atomic E-state index is 13.1. The van der Waals surface area contributed by atoms with E-state index in [0.717, 1.165) is 11.3 Å². The molecule has 0 fully saturated rings. The normalized spacial score (nSPS) is 11.6. The third-order valence-electron chi connectivity index (χ3n) is 3.91. The van der Waals surface area contributed by atoms with Crippen molar-refractivity contribution in [2.24, 2.45) is 0 Å². The van der Waals surface area contributed by atoms with Crippen LogP contribution in [0.25, 0.3) is 0 Å². The van der Waals surface area contributed by atoms with Gasteiger partial charge in [-0.25, -0.2) is 13.8 Å². The second kappa shape index (κ2) is 8.71. The van der Waals surface area contributed by atoms with Gasteiger partial charge >= 0.3 is 0 Å². The van der Waals surface area contributed by atoms with Crippen molar-refractivity contribution >= 4 is 34.8 Å². The van der Waals surface area contributed by atoms with E-state index in [2.05, 4.69) is 25.9 Å². The molecule has 28 heavy (non-hydrogen) atoms. The molecule has 0 radical (unpaired) electrons. The quantitative estimate of drug-likeness (QED) is 0.533. The number of anilines is 3. The number of halogens is 2. The molecule has 1 aromatic heterocycles. The van der Waals surface area contributed by atoms with Gasteiger partial charge in [0.1, 0.15) is 17.5 Å². The number of aryl methyl sites for hydroxylation is 1. The fraction of sp³-hybridized carbons (Fsp3) is 0.150. The molecule has 1 unspecified atom stereocenters. The number of nitrogens with one attached hydrogen (secondary N) is 3. The van der Waals surface area contributed by atoms with Gasteiger partial charge in [-0.3, -0.25) is 0 Å². The van der Waals surface area contributed by atoms with Crippen LogP contribution >= 0.6 is 12.2 Å². The van der Waals surface area contributed by atoms with Crippen LogP contribution in [0.5, 0.6) is 0 Å². The van der Waals surface area contributed by atoms with Crippen molar-refractivity contribution in [1.82, 2.24) is 15.3 Å². The predicted molar refractivity (Wildman–Crippen MR) is 111 cm³/mol. The number of hydrogen-bond donors (Lipinski definition) is 3. The standard InChI is InChI=1S/C20H19F2N5S/c1-12-11-18(25-17-9-7-16(22)8-10-17)26-19(23-12)27-20(28)24-13(2)14-3-5-15(21)6-4-14/h3-11,13H,1-2H3,(H3,23,24,25,26,27,28). The minimum atomic E-state index is -0.307. The van der Waals surface area contributed by atoms with Crippen molar-refractivity contribution in [3.8, 4) is 0 Å². The maximum atomic E-state index is 13.1. The Morgan fingerprint density at radius 3 is 2.21 bits per heavy atom. The SMILES string of the molecule is Cc1cc(Nc2ccc(F)cc2)nc(NC(=S)NC(C)c2ccc(F)cc2)n1. The van der Waals surface area contributed by atoms with Gasteiger partial charge in [-0.05, 0) is 68.0 Å². The van der Waals surface area contributed by atoms with Crippen molar-refractivity contribution in [2.75, 3.05) is 10.6 Å². The summed E-state index contributed by atoms with van der Waals surface area (Å²) in [6.45, 7) is 3.75. The molecule has 0 spiro atoms. The molecule has 3 aromatic rings. The van der Waals surface area contributed by atoms with Crippen molar-refractivity contribution < 1.29 is 8.78 Å². The van der Waals surface area contributed by atoms with E-state index < -0.39 is 0 Å². The first kappa shape index (κ1) is 19.6. The van der Waals surface area contributed by atoms with E-state index in [9.17, 15) is 8.78 Å². The van der Waals surface area contributed by atoms with E-state index >= 15 is 0 Å². The molecular formula is C20H19F2N5S. The van der Waals surface area contributed by atoms with Gasteiger partial charge in [-0.2, -0.15) is 4.98 Å². The molecule has 0 aliphatic heterocycles. The van der Waals surface area contributed by atoms with Crippen LogP contribution in [0.3, 0.4) is 0 Å². The molecule has 0 amide bonds. The highest BCUT2D eigenvalue weighted by atomic mass is 32.1. The average Bonchev–Trinajstić information content (AvgIpc) is 2.63. The van der Waals surface area contributed by atoms with Gasteiger partial charge in [0, 0.05) is 17.4 Å². The molecule has 0 aliphatic rings. The van der Waals surface area contributed by atoms with Gasteiger partial charge in [-0.1, -0.05) is 12.1 Å². The summed E-state index contributed by atoms with van der Waals surface area (Å²) in [5.41, 5.74) is 2.34. The highest BCUT2D eigenvalue weighted by Gasteiger charge is 2.09. The predicted octanol–water partition coefficient (Wildman–Crippen LogP) is 4.85. The number of nitrogens with zero attached hydrogens (tertiary/aromatic N) is 2. The molecule has 0 saturated carbocycles. The molecule has 8 heteroatoms. The smallest absolute Gasteiger partial charge is 0.231 e. The van der Waals surface area contributed by atoms with Gasteiger partial charge in [0.2, 0.25) is 5.95 Å². The van der Waals surface area contributed by atoms with Crippen LogP contribution in [-0.2, 0) is 0 Å². The fourth-order valence-electron chi connectivity index (χ4n) is 2.54. The van der Waals surface area contributed by atoms with Crippen LogP contribution in [0, 0.1) is 18.6 Å². The van der Waals surface area contributed by atoms with Gasteiger partial charge in [-0.15, -0.1) is 0 Å². The van der Waals surface area contributed by atoms with Gasteiger partial charge in [0.05, 0.1) is 6.04 Å². The molecule has 144 valence electrons. The first-order chi connectivity index (χ1) is 13.4. The molecule has 3 N–H and O–H groups in total. The monoisotopic (exact) mass is 399 g/mol. The lowest BCUT2D eigenvalue weighted by atomic mass is 10.1. The fourth-order valence-corrected chi connectivity index (χ4v) is 2.81. The molecular weight excluding hydrogens is 380 g/mol. The van der Waals surface area contributed by atoms with Crippen LogP contribution in [0.15, 0.2) is 54.6 Å². The molecule has 1 atom stereocenters. The summed E-state index contributed by atoms with van der Waals surface area (Å²) in [5.74, 6) is 0.286. The first-order valence-electron chi connectivity index (χ1n) is 8.60. The molecule has 1 heterocycles. The van der Waals surface area contributed by atoms with E-state index in [4.69, 9.17) is 12.2 Å². The van der Waals surface area contributed by atoms with E-state index in [1.807, 2.05) is 13.8 Å². The minimum Gasteiger partial charge on any atom is -0.356 e. The Bertz CT molecular complexity index is 961. The molecule has 5 nitrogen and oxygen atoms in total. The molecule has 2 aromatic carbocycles. The van der Waals surface area contributed by atoms with E-state index in [1.165, 1.54) is 24.3 Å². The zero-order valence-electron chi connectivity index (χ0n) is 15.3. The second-order valence-corrected chi connectivity index (χ2v) is 6.63. The Hall–Kier alpha value is -3.13. The number of rotatable bonds is 5. The molecule has 0 bridgehead atoms. The van der Waals surface area contributed by atoms with Crippen LogP contribution < -0.4 is 16.0 Å². The summed E-state index contributed by atoms with van der Waals surface area (Å²) in [7, 11) is 0. The number of aromatic nitrogens is 2. The summed E-state index contributed by atoms with van der Waals surface area (Å²) in [6.07, 6.45) is 0. The Morgan fingerprint density at radius 2 is 1.57 bits per heavy atom. The Labute approximate surface area is 167 Å². The van der Waals surface area contributed by atoms with Crippen molar-refractivity contribution in [3.63, 3.8) is 0 Å². The topological polar surface area (TPSA) is 61.9 Å². The summed E-state index contributed by atoms with van der Waals surface area (Å²) in [4.78, 5) is 8.70. The van der Waals surface area contributed by atoms with Gasteiger partial charge in [0.15, 0.2) is 5.11 Å². The maximum Gasteiger partial charge on any atom is 0.231 e. The van der Waals surface area contributed by atoms with E-state index in [1.54, 1.807) is 30.3 Å². The summed E-state index contributed by atoms with van der Waals surface area (Å²) < 4.78 is 26.1. The third kappa shape index (κ3) is 5.43. The number of hydrogen-bond acceptors (Lipinski definition) is 4. The summed E-state index contributed by atoms with van der Waals surface area (Å²) in [5, 5.41) is 9.51. The van der Waals surface area contributed by atoms with E-state index in [-0.39, 0.29) is 17.7 Å². The van der Waals surface area contributed by atoms with Crippen molar-refractivity contribution in [2.45, 2.75) is 19.9 Å². The van der Waals surface area contributed by atoms with Crippen molar-refractivity contribution in [1.29, 1.82) is 0 Å². The highest BCUT2D eigenvalue weighted by Crippen LogP contribution is 2.18. The Morgan fingerprint density at radius 1 is 0.964 bits per heavy atom. The lowest BCUT2D eigenvalue weighted by Gasteiger charge is -2.17. The average molecular weight is 399 g/mol. The van der Waals surface area contributed by atoms with Crippen LogP contribution in [-0.4, -0.2) is 15.1 Å². The number of thiocarbonyl (C=S) groups is 1. The Balaban J connectivity index is 1.66. The lowest BCUT2D eigenvalue weighted by Crippen LogP contribution is -2.31. The van der Waals surface area contributed by atoms with E-state index in [0.29, 0.717) is 22.6 Å². The second-order valence-electron chi connectivity index (χ2n) is 6.22. The zero-order chi connectivity index (χ0) is 20.1. The summed E-state index contributed by atoms with van der Waals surface area (Å²) in [6, 6.07) is 13.8. The minimum absolute atomic E-state index is 0.123.